The SMILES string of the molecule is Cc1ccsc1-c1nnc(N2CC(CN)CC2=O)o1. The maximum Gasteiger partial charge on any atom is 0.325 e. The van der Waals surface area contributed by atoms with E-state index in [1.54, 1.807) is 11.3 Å². The second-order valence-corrected chi connectivity index (χ2v) is 5.55. The number of hydrogen-bond acceptors (Lipinski definition) is 6. The van der Waals surface area contributed by atoms with Crippen LogP contribution < -0.4 is 10.6 Å². The minimum absolute atomic E-state index is 0.00597. The summed E-state index contributed by atoms with van der Waals surface area (Å²) in [7, 11) is 0. The molecule has 3 heterocycles. The third-order valence-electron chi connectivity index (χ3n) is 3.24. The smallest absolute Gasteiger partial charge is 0.325 e. The van der Waals surface area contributed by atoms with Crippen LogP contribution in [0.5, 0.6) is 0 Å². The minimum Gasteiger partial charge on any atom is -0.402 e. The number of nitrogens with zero attached hydrogens (tertiary/aromatic N) is 3. The molecule has 1 atom stereocenters. The highest BCUT2D eigenvalue weighted by Gasteiger charge is 2.33. The van der Waals surface area contributed by atoms with Crippen LogP contribution in [-0.4, -0.2) is 29.2 Å². The number of aromatic nitrogens is 2. The molecule has 0 aromatic carbocycles. The highest BCUT2D eigenvalue weighted by Crippen LogP contribution is 2.31. The second-order valence-electron chi connectivity index (χ2n) is 4.63. The number of hydrogen-bond donors (Lipinski definition) is 1. The van der Waals surface area contributed by atoms with Crippen LogP contribution in [0.25, 0.3) is 10.8 Å². The van der Waals surface area contributed by atoms with Gasteiger partial charge in [0.2, 0.25) is 5.91 Å². The lowest BCUT2D eigenvalue weighted by Crippen LogP contribution is -2.26. The van der Waals surface area contributed by atoms with Gasteiger partial charge in [0, 0.05) is 13.0 Å². The van der Waals surface area contributed by atoms with E-state index >= 15 is 0 Å². The van der Waals surface area contributed by atoms with E-state index in [1.165, 1.54) is 4.90 Å². The van der Waals surface area contributed by atoms with Crippen LogP contribution >= 0.6 is 11.3 Å². The first-order valence-corrected chi connectivity index (χ1v) is 6.95. The molecule has 1 unspecified atom stereocenters. The lowest BCUT2D eigenvalue weighted by atomic mass is 10.1. The Hall–Kier alpha value is -1.73. The highest BCUT2D eigenvalue weighted by molar-refractivity contribution is 7.13. The Bertz CT molecular complexity index is 606. The average Bonchev–Trinajstić information content (AvgIpc) is 3.07. The van der Waals surface area contributed by atoms with Crippen molar-refractivity contribution in [1.82, 2.24) is 10.2 Å². The summed E-state index contributed by atoms with van der Waals surface area (Å²) in [6.07, 6.45) is 0.451. The topological polar surface area (TPSA) is 85.3 Å². The first kappa shape index (κ1) is 12.3. The molecule has 2 aromatic rings. The lowest BCUT2D eigenvalue weighted by molar-refractivity contribution is -0.117. The van der Waals surface area contributed by atoms with Crippen LogP contribution in [0.3, 0.4) is 0 Å². The molecule has 0 saturated carbocycles. The maximum absolute atomic E-state index is 11.9. The van der Waals surface area contributed by atoms with Gasteiger partial charge in [0.05, 0.1) is 4.88 Å². The van der Waals surface area contributed by atoms with E-state index < -0.39 is 0 Å². The molecular weight excluding hydrogens is 264 g/mol. The summed E-state index contributed by atoms with van der Waals surface area (Å²) in [4.78, 5) is 14.3. The van der Waals surface area contributed by atoms with Gasteiger partial charge in [0.25, 0.3) is 5.89 Å². The molecule has 1 aliphatic rings. The molecule has 0 aliphatic carbocycles. The van der Waals surface area contributed by atoms with Crippen LogP contribution in [0.1, 0.15) is 12.0 Å². The zero-order valence-electron chi connectivity index (χ0n) is 10.5. The van der Waals surface area contributed by atoms with Crippen LogP contribution in [0, 0.1) is 12.8 Å². The quantitative estimate of drug-likeness (QED) is 0.917. The van der Waals surface area contributed by atoms with Gasteiger partial charge in [-0.25, -0.2) is 0 Å². The first-order chi connectivity index (χ1) is 9.19. The van der Waals surface area contributed by atoms with Gasteiger partial charge in [-0.1, -0.05) is 5.10 Å². The number of carbonyl (C=O) groups excluding carboxylic acids is 1. The molecule has 2 aromatic heterocycles. The van der Waals surface area contributed by atoms with Gasteiger partial charge in [-0.2, -0.15) is 0 Å². The van der Waals surface area contributed by atoms with Gasteiger partial charge in [0.15, 0.2) is 0 Å². The molecule has 1 aliphatic heterocycles. The van der Waals surface area contributed by atoms with Crippen molar-refractivity contribution >= 4 is 23.3 Å². The molecule has 0 spiro atoms. The normalized spacial score (nSPS) is 19.4. The fourth-order valence-electron chi connectivity index (χ4n) is 2.13. The summed E-state index contributed by atoms with van der Waals surface area (Å²) < 4.78 is 5.61. The summed E-state index contributed by atoms with van der Waals surface area (Å²) in [5.74, 6) is 0.631. The minimum atomic E-state index is -0.00597. The Labute approximate surface area is 114 Å². The Morgan fingerprint density at radius 2 is 2.42 bits per heavy atom. The van der Waals surface area contributed by atoms with E-state index in [9.17, 15) is 4.79 Å². The van der Waals surface area contributed by atoms with E-state index in [-0.39, 0.29) is 17.8 Å². The van der Waals surface area contributed by atoms with Crippen LogP contribution in [-0.2, 0) is 4.79 Å². The van der Waals surface area contributed by atoms with Gasteiger partial charge >= 0.3 is 6.01 Å². The van der Waals surface area contributed by atoms with Crippen molar-refractivity contribution in [1.29, 1.82) is 0 Å². The predicted molar refractivity (Wildman–Crippen MR) is 71.9 cm³/mol. The molecule has 6 nitrogen and oxygen atoms in total. The summed E-state index contributed by atoms with van der Waals surface area (Å²) in [5, 5.41) is 9.96. The van der Waals surface area contributed by atoms with E-state index in [2.05, 4.69) is 10.2 Å². The van der Waals surface area contributed by atoms with Gasteiger partial charge in [-0.3, -0.25) is 9.69 Å². The van der Waals surface area contributed by atoms with Gasteiger partial charge < -0.3 is 10.2 Å². The van der Waals surface area contributed by atoms with Gasteiger partial charge in [-0.15, -0.1) is 16.4 Å². The van der Waals surface area contributed by atoms with Crippen molar-refractivity contribution in [2.75, 3.05) is 18.0 Å². The van der Waals surface area contributed by atoms with Gasteiger partial charge in [-0.05, 0) is 36.4 Å². The number of amides is 1. The molecule has 1 saturated heterocycles. The molecule has 0 bridgehead atoms. The summed E-state index contributed by atoms with van der Waals surface area (Å²) in [6.45, 7) is 3.04. The fourth-order valence-corrected chi connectivity index (χ4v) is 2.98. The largest absolute Gasteiger partial charge is 0.402 e. The van der Waals surface area contributed by atoms with E-state index in [0.717, 1.165) is 10.4 Å². The Kier molecular flexibility index (Phi) is 3.08. The molecule has 1 amide bonds. The molecule has 19 heavy (non-hydrogen) atoms. The zero-order chi connectivity index (χ0) is 13.4. The van der Waals surface area contributed by atoms with Crippen molar-refractivity contribution < 1.29 is 9.21 Å². The van der Waals surface area contributed by atoms with Crippen LogP contribution in [0.4, 0.5) is 6.01 Å². The molecule has 1 fully saturated rings. The van der Waals surface area contributed by atoms with Crippen molar-refractivity contribution in [3.63, 3.8) is 0 Å². The summed E-state index contributed by atoms with van der Waals surface area (Å²) in [5.41, 5.74) is 6.69. The van der Waals surface area contributed by atoms with E-state index in [0.29, 0.717) is 25.4 Å². The standard InChI is InChI=1S/C12H14N4O2S/c1-7-2-3-19-10(7)11-14-15-12(18-11)16-6-8(5-13)4-9(16)17/h2-3,8H,4-6,13H2,1H3. The Balaban J connectivity index is 1.86. The van der Waals surface area contributed by atoms with Crippen molar-refractivity contribution in [2.45, 2.75) is 13.3 Å². The van der Waals surface area contributed by atoms with Crippen LogP contribution in [0.15, 0.2) is 15.9 Å². The third kappa shape index (κ3) is 2.15. The summed E-state index contributed by atoms with van der Waals surface area (Å²) >= 11 is 1.54. The van der Waals surface area contributed by atoms with E-state index in [4.69, 9.17) is 10.2 Å². The van der Waals surface area contributed by atoms with Crippen LogP contribution in [0.2, 0.25) is 0 Å². The molecule has 2 N–H and O–H groups in total. The van der Waals surface area contributed by atoms with E-state index in [1.807, 2.05) is 18.4 Å². The monoisotopic (exact) mass is 278 g/mol. The number of thiophene rings is 1. The molecular formula is C12H14N4O2S. The molecule has 3 rings (SSSR count). The maximum atomic E-state index is 11.9. The summed E-state index contributed by atoms with van der Waals surface area (Å²) in [6, 6.07) is 2.26. The number of anilines is 1. The molecule has 0 radical (unpaired) electrons. The Morgan fingerprint density at radius 3 is 3.05 bits per heavy atom. The lowest BCUT2D eigenvalue weighted by Gasteiger charge is -2.09. The average molecular weight is 278 g/mol. The number of rotatable bonds is 3. The first-order valence-electron chi connectivity index (χ1n) is 6.07. The van der Waals surface area contributed by atoms with Crippen molar-refractivity contribution in [3.05, 3.63) is 17.0 Å². The zero-order valence-corrected chi connectivity index (χ0v) is 11.3. The molecule has 100 valence electrons. The molecule has 7 heteroatoms. The number of nitrogens with two attached hydrogens (primary N) is 1. The number of carbonyl (C=O) groups is 1. The third-order valence-corrected chi connectivity index (χ3v) is 4.24. The number of aryl methyl sites for hydroxylation is 1. The van der Waals surface area contributed by atoms with Crippen molar-refractivity contribution in [3.8, 4) is 10.8 Å². The Morgan fingerprint density at radius 1 is 1.58 bits per heavy atom. The fraction of sp³-hybridized carbons (Fsp3) is 0.417. The van der Waals surface area contributed by atoms with Gasteiger partial charge in [0.1, 0.15) is 0 Å². The highest BCUT2D eigenvalue weighted by atomic mass is 32.1. The predicted octanol–water partition coefficient (Wildman–Crippen LogP) is 1.42. The second kappa shape index (κ2) is 4.75. The van der Waals surface area contributed by atoms with Crippen molar-refractivity contribution in [2.24, 2.45) is 11.7 Å².